The van der Waals surface area contributed by atoms with Crippen LogP contribution in [0.15, 0.2) is 18.2 Å². The number of fused-ring (bicyclic) bond motifs is 1. The number of aliphatic hydroxyl groups is 1. The van der Waals surface area contributed by atoms with Crippen molar-refractivity contribution in [1.82, 2.24) is 4.90 Å². The Hall–Kier alpha value is -1.39. The number of carbonyl (C=O) groups is 1. The number of Topliss-reactive ketones (excluding diaryl/α,β-unsaturated/α-hetero) is 1. The molecule has 2 aliphatic carbocycles. The third-order valence-electron chi connectivity index (χ3n) is 6.31. The number of ketones is 1. The number of piperidine rings is 1. The van der Waals surface area contributed by atoms with E-state index in [1.165, 1.54) is 5.56 Å². The maximum atomic E-state index is 12.3. The van der Waals surface area contributed by atoms with Crippen molar-refractivity contribution >= 4 is 5.78 Å². The van der Waals surface area contributed by atoms with Crippen molar-refractivity contribution in [2.75, 3.05) is 20.7 Å². The van der Waals surface area contributed by atoms with Gasteiger partial charge in [0, 0.05) is 29.9 Å². The Morgan fingerprint density at radius 2 is 2.18 bits per heavy atom. The molecule has 2 fully saturated rings. The Morgan fingerprint density at radius 1 is 1.36 bits per heavy atom. The van der Waals surface area contributed by atoms with Gasteiger partial charge < -0.3 is 14.7 Å². The van der Waals surface area contributed by atoms with Gasteiger partial charge in [0.05, 0.1) is 12.7 Å². The topological polar surface area (TPSA) is 49.8 Å². The molecular weight excluding hydrogens is 278 g/mol. The van der Waals surface area contributed by atoms with Gasteiger partial charge in [0.15, 0.2) is 0 Å². The number of methoxy groups -OCH3 is 1. The Labute approximate surface area is 131 Å². The standard InChI is InChI=1S/C18H23NO3/c1-19-9-8-17-11-13(20)6-7-18(17,21)15(19)10-12-4-3-5-14(22-2)16(12)17/h3-5,15,21H,6-11H2,1-2H3/t15-,17-,18?/m1/s1. The van der Waals surface area contributed by atoms with Crippen LogP contribution < -0.4 is 4.74 Å². The van der Waals surface area contributed by atoms with Crippen LogP contribution in [-0.2, 0) is 16.6 Å². The van der Waals surface area contributed by atoms with Crippen molar-refractivity contribution < 1.29 is 14.6 Å². The number of likely N-dealkylation sites (tertiary alicyclic amines) is 1. The first-order chi connectivity index (χ1) is 10.5. The molecule has 1 aromatic carbocycles. The number of hydrogen-bond donors (Lipinski definition) is 1. The molecule has 0 amide bonds. The van der Waals surface area contributed by atoms with Crippen molar-refractivity contribution in [2.24, 2.45) is 0 Å². The fourth-order valence-corrected chi connectivity index (χ4v) is 5.25. The zero-order valence-electron chi connectivity index (χ0n) is 13.3. The highest BCUT2D eigenvalue weighted by molar-refractivity contribution is 5.83. The van der Waals surface area contributed by atoms with Crippen LogP contribution >= 0.6 is 0 Å². The first kappa shape index (κ1) is 14.2. The Morgan fingerprint density at radius 3 is 2.95 bits per heavy atom. The van der Waals surface area contributed by atoms with Crippen LogP contribution in [0.25, 0.3) is 0 Å². The third kappa shape index (κ3) is 1.57. The average Bonchev–Trinajstić information content (AvgIpc) is 2.51. The molecule has 1 N–H and O–H groups in total. The second kappa shape index (κ2) is 4.56. The summed E-state index contributed by atoms with van der Waals surface area (Å²) in [7, 11) is 3.77. The van der Waals surface area contributed by atoms with Gasteiger partial charge in [-0.2, -0.15) is 0 Å². The van der Waals surface area contributed by atoms with E-state index in [4.69, 9.17) is 4.74 Å². The minimum Gasteiger partial charge on any atom is -0.496 e. The number of rotatable bonds is 1. The largest absolute Gasteiger partial charge is 0.496 e. The number of carbonyl (C=O) groups excluding carboxylic acids is 1. The van der Waals surface area contributed by atoms with Gasteiger partial charge in [0.2, 0.25) is 0 Å². The molecule has 3 aliphatic rings. The predicted molar refractivity (Wildman–Crippen MR) is 83.2 cm³/mol. The van der Waals surface area contributed by atoms with Gasteiger partial charge in [-0.15, -0.1) is 0 Å². The molecule has 1 saturated heterocycles. The van der Waals surface area contributed by atoms with E-state index in [0.717, 1.165) is 30.7 Å². The molecule has 4 nitrogen and oxygen atoms in total. The number of hydrogen-bond acceptors (Lipinski definition) is 4. The smallest absolute Gasteiger partial charge is 0.134 e. The molecule has 1 aromatic rings. The van der Waals surface area contributed by atoms with Gasteiger partial charge in [-0.3, -0.25) is 4.79 Å². The van der Waals surface area contributed by atoms with Crippen LogP contribution in [0.3, 0.4) is 0 Å². The number of benzene rings is 1. The van der Waals surface area contributed by atoms with E-state index in [1.54, 1.807) is 7.11 Å². The van der Waals surface area contributed by atoms with Crippen molar-refractivity contribution in [1.29, 1.82) is 0 Å². The summed E-state index contributed by atoms with van der Waals surface area (Å²) in [5, 5.41) is 11.7. The van der Waals surface area contributed by atoms with Crippen LogP contribution in [0.2, 0.25) is 0 Å². The van der Waals surface area contributed by atoms with Gasteiger partial charge in [0.1, 0.15) is 11.5 Å². The summed E-state index contributed by atoms with van der Waals surface area (Å²) in [5.41, 5.74) is 1.03. The summed E-state index contributed by atoms with van der Waals surface area (Å²) in [6.45, 7) is 0.914. The molecule has 1 aliphatic heterocycles. The van der Waals surface area contributed by atoms with Crippen LogP contribution in [0, 0.1) is 0 Å². The van der Waals surface area contributed by atoms with E-state index in [2.05, 4.69) is 18.0 Å². The fourth-order valence-electron chi connectivity index (χ4n) is 5.25. The maximum absolute atomic E-state index is 12.3. The first-order valence-corrected chi connectivity index (χ1v) is 8.12. The monoisotopic (exact) mass is 301 g/mol. The molecule has 0 radical (unpaired) electrons. The minimum absolute atomic E-state index is 0.0916. The zero-order chi connectivity index (χ0) is 15.5. The third-order valence-corrected chi connectivity index (χ3v) is 6.31. The molecule has 1 heterocycles. The van der Waals surface area contributed by atoms with Crippen molar-refractivity contribution in [2.45, 2.75) is 49.2 Å². The number of nitrogens with zero attached hydrogens (tertiary/aromatic N) is 1. The molecular formula is C18H23NO3. The van der Waals surface area contributed by atoms with Gasteiger partial charge >= 0.3 is 0 Å². The molecule has 2 bridgehead atoms. The van der Waals surface area contributed by atoms with E-state index >= 15 is 0 Å². The summed E-state index contributed by atoms with van der Waals surface area (Å²) in [6, 6.07) is 6.20. The summed E-state index contributed by atoms with van der Waals surface area (Å²) in [6.07, 6.45) is 3.15. The maximum Gasteiger partial charge on any atom is 0.134 e. The molecule has 4 heteroatoms. The molecule has 4 rings (SSSR count). The van der Waals surface area contributed by atoms with E-state index in [9.17, 15) is 9.90 Å². The average molecular weight is 301 g/mol. The van der Waals surface area contributed by atoms with E-state index in [1.807, 2.05) is 12.1 Å². The van der Waals surface area contributed by atoms with Crippen LogP contribution in [-0.4, -0.2) is 48.1 Å². The van der Waals surface area contributed by atoms with Crippen LogP contribution in [0.1, 0.15) is 36.8 Å². The molecule has 3 atom stereocenters. The molecule has 0 aromatic heterocycles. The highest BCUT2D eigenvalue weighted by atomic mass is 16.5. The first-order valence-electron chi connectivity index (χ1n) is 8.12. The van der Waals surface area contributed by atoms with Gasteiger partial charge in [-0.05, 0) is 44.5 Å². The van der Waals surface area contributed by atoms with Gasteiger partial charge in [-0.1, -0.05) is 12.1 Å². The van der Waals surface area contributed by atoms with Gasteiger partial charge in [0.25, 0.3) is 0 Å². The Balaban J connectivity index is 2.00. The Bertz CT molecular complexity index is 643. The quantitative estimate of drug-likeness (QED) is 0.857. The lowest BCUT2D eigenvalue weighted by Crippen LogP contribution is -2.72. The summed E-state index contributed by atoms with van der Waals surface area (Å²) in [4.78, 5) is 14.6. The minimum atomic E-state index is -0.824. The SMILES string of the molecule is COc1cccc2c1[C@]13CCN(C)[C@H](C2)C1(O)CCC(=O)C3. The number of ether oxygens (including phenoxy) is 1. The highest BCUT2D eigenvalue weighted by Crippen LogP contribution is 2.59. The van der Waals surface area contributed by atoms with Crippen molar-refractivity contribution in [3.8, 4) is 5.75 Å². The predicted octanol–water partition coefficient (Wildman–Crippen LogP) is 1.68. The van der Waals surface area contributed by atoms with E-state index in [-0.39, 0.29) is 11.8 Å². The summed E-state index contributed by atoms with van der Waals surface area (Å²) < 4.78 is 5.62. The molecule has 118 valence electrons. The van der Waals surface area contributed by atoms with Crippen molar-refractivity contribution in [3.63, 3.8) is 0 Å². The highest BCUT2D eigenvalue weighted by Gasteiger charge is 2.64. The lowest BCUT2D eigenvalue weighted by molar-refractivity contribution is -0.169. The number of likely N-dealkylation sites (N-methyl/N-ethyl adjacent to an activating group) is 1. The van der Waals surface area contributed by atoms with Crippen molar-refractivity contribution in [3.05, 3.63) is 29.3 Å². The molecule has 1 unspecified atom stereocenters. The molecule has 0 spiro atoms. The summed E-state index contributed by atoms with van der Waals surface area (Å²) >= 11 is 0. The molecule has 1 saturated carbocycles. The van der Waals surface area contributed by atoms with E-state index < -0.39 is 11.0 Å². The fraction of sp³-hybridized carbons (Fsp3) is 0.611. The summed E-state index contributed by atoms with van der Waals surface area (Å²) in [5.74, 6) is 1.10. The van der Waals surface area contributed by atoms with Crippen LogP contribution in [0.4, 0.5) is 0 Å². The zero-order valence-corrected chi connectivity index (χ0v) is 13.3. The van der Waals surface area contributed by atoms with Crippen LogP contribution in [0.5, 0.6) is 5.75 Å². The molecule has 22 heavy (non-hydrogen) atoms. The Kier molecular flexibility index (Phi) is 2.94. The lowest BCUT2D eigenvalue weighted by Gasteiger charge is -2.62. The second-order valence-corrected chi connectivity index (χ2v) is 7.17. The van der Waals surface area contributed by atoms with Gasteiger partial charge in [-0.25, -0.2) is 0 Å². The lowest BCUT2D eigenvalue weighted by atomic mass is 9.49. The normalized spacial score (nSPS) is 37.4. The second-order valence-electron chi connectivity index (χ2n) is 7.17. The van der Waals surface area contributed by atoms with E-state index in [0.29, 0.717) is 19.3 Å².